The second kappa shape index (κ2) is 5.38. The van der Waals surface area contributed by atoms with E-state index in [-0.39, 0.29) is 6.04 Å². The number of hydrogen-bond donors (Lipinski definition) is 1. The predicted molar refractivity (Wildman–Crippen MR) is 71.4 cm³/mol. The molecule has 0 spiro atoms. The van der Waals surface area contributed by atoms with Crippen LogP contribution in [0.5, 0.6) is 0 Å². The lowest BCUT2D eigenvalue weighted by atomic mass is 9.95. The van der Waals surface area contributed by atoms with Crippen LogP contribution in [0.1, 0.15) is 42.0 Å². The van der Waals surface area contributed by atoms with Crippen molar-refractivity contribution >= 4 is 11.6 Å². The highest BCUT2D eigenvalue weighted by Crippen LogP contribution is 2.28. The van der Waals surface area contributed by atoms with Crippen molar-refractivity contribution in [2.75, 3.05) is 6.61 Å². The Morgan fingerprint density at radius 3 is 2.82 bits per heavy atom. The Morgan fingerprint density at radius 2 is 2.18 bits per heavy atom. The maximum atomic E-state index is 6.27. The maximum absolute atomic E-state index is 6.27. The third kappa shape index (κ3) is 3.01. The quantitative estimate of drug-likeness (QED) is 0.895. The summed E-state index contributed by atoms with van der Waals surface area (Å²) in [6, 6.07) is 4.16. The molecule has 0 bridgehead atoms. The minimum atomic E-state index is 0.0501. The number of benzene rings is 1. The second-order valence-corrected chi connectivity index (χ2v) is 5.34. The average molecular weight is 254 g/mol. The Balaban J connectivity index is 2.12. The topological polar surface area (TPSA) is 35.2 Å². The Morgan fingerprint density at radius 1 is 1.41 bits per heavy atom. The van der Waals surface area contributed by atoms with Gasteiger partial charge in [0.15, 0.2) is 0 Å². The van der Waals surface area contributed by atoms with Gasteiger partial charge in [0.2, 0.25) is 0 Å². The number of halogens is 1. The van der Waals surface area contributed by atoms with E-state index in [1.165, 1.54) is 11.1 Å². The zero-order valence-electron chi connectivity index (χ0n) is 10.5. The van der Waals surface area contributed by atoms with Crippen LogP contribution in [-0.2, 0) is 4.74 Å². The van der Waals surface area contributed by atoms with E-state index in [9.17, 15) is 0 Å². The molecule has 0 aliphatic carbocycles. The molecule has 1 fully saturated rings. The molecule has 1 aliphatic heterocycles. The van der Waals surface area contributed by atoms with Crippen LogP contribution in [0.2, 0.25) is 5.02 Å². The zero-order valence-corrected chi connectivity index (χ0v) is 11.3. The predicted octanol–water partition coefficient (Wildman–Crippen LogP) is 3.53. The molecule has 17 heavy (non-hydrogen) atoms. The van der Waals surface area contributed by atoms with Gasteiger partial charge in [-0.15, -0.1) is 0 Å². The summed E-state index contributed by atoms with van der Waals surface area (Å²) < 4.78 is 5.63. The third-order valence-corrected chi connectivity index (χ3v) is 3.89. The van der Waals surface area contributed by atoms with Gasteiger partial charge < -0.3 is 10.5 Å². The Hall–Kier alpha value is -0.570. The Kier molecular flexibility index (Phi) is 4.08. The molecule has 1 saturated heterocycles. The van der Waals surface area contributed by atoms with E-state index in [1.807, 2.05) is 13.0 Å². The lowest BCUT2D eigenvalue weighted by molar-refractivity contribution is 0.0983. The number of nitrogens with two attached hydrogens (primary N) is 1. The molecular weight excluding hydrogens is 234 g/mol. The summed E-state index contributed by atoms with van der Waals surface area (Å²) in [6.07, 6.45) is 3.54. The standard InChI is InChI=1S/C14H20ClNO/c1-9-7-13(15)10(2)6-12(9)14(16)8-11-4-3-5-17-11/h6-7,11,14H,3-5,8,16H2,1-2H3. The first-order chi connectivity index (χ1) is 8.08. The molecule has 2 nitrogen and oxygen atoms in total. The van der Waals surface area contributed by atoms with Crippen molar-refractivity contribution < 1.29 is 4.74 Å². The van der Waals surface area contributed by atoms with Crippen LogP contribution in [0, 0.1) is 13.8 Å². The first kappa shape index (κ1) is 12.9. The highest BCUT2D eigenvalue weighted by atomic mass is 35.5. The molecule has 3 heteroatoms. The Bertz CT molecular complexity index is 399. The first-order valence-electron chi connectivity index (χ1n) is 6.21. The van der Waals surface area contributed by atoms with Gasteiger partial charge in [-0.05, 0) is 55.9 Å². The highest BCUT2D eigenvalue weighted by Gasteiger charge is 2.20. The molecule has 0 aromatic heterocycles. The summed E-state index contributed by atoms with van der Waals surface area (Å²) in [5.74, 6) is 0. The summed E-state index contributed by atoms with van der Waals surface area (Å²) in [4.78, 5) is 0. The van der Waals surface area contributed by atoms with Crippen molar-refractivity contribution in [3.8, 4) is 0 Å². The molecule has 2 N–H and O–H groups in total. The summed E-state index contributed by atoms with van der Waals surface area (Å²) >= 11 is 6.10. The van der Waals surface area contributed by atoms with E-state index in [4.69, 9.17) is 22.1 Å². The van der Waals surface area contributed by atoms with Crippen LogP contribution in [-0.4, -0.2) is 12.7 Å². The van der Waals surface area contributed by atoms with Crippen LogP contribution in [0.15, 0.2) is 12.1 Å². The van der Waals surface area contributed by atoms with E-state index < -0.39 is 0 Å². The molecular formula is C14H20ClNO. The Labute approximate surface area is 108 Å². The molecule has 2 rings (SSSR count). The molecule has 2 atom stereocenters. The minimum Gasteiger partial charge on any atom is -0.378 e. The lowest BCUT2D eigenvalue weighted by Crippen LogP contribution is -2.19. The lowest BCUT2D eigenvalue weighted by Gasteiger charge is -2.19. The summed E-state index contributed by atoms with van der Waals surface area (Å²) in [5.41, 5.74) is 9.73. The van der Waals surface area contributed by atoms with Crippen LogP contribution in [0.4, 0.5) is 0 Å². The van der Waals surface area contributed by atoms with Gasteiger partial charge in [-0.25, -0.2) is 0 Å². The third-order valence-electron chi connectivity index (χ3n) is 3.49. The van der Waals surface area contributed by atoms with Crippen LogP contribution >= 0.6 is 11.6 Å². The van der Waals surface area contributed by atoms with Crippen molar-refractivity contribution in [2.45, 2.75) is 45.3 Å². The van der Waals surface area contributed by atoms with E-state index in [2.05, 4.69) is 13.0 Å². The largest absolute Gasteiger partial charge is 0.378 e. The SMILES string of the molecule is Cc1cc(C(N)CC2CCCO2)c(C)cc1Cl. The minimum absolute atomic E-state index is 0.0501. The average Bonchev–Trinajstić information content (AvgIpc) is 2.76. The van der Waals surface area contributed by atoms with Gasteiger partial charge in [-0.2, -0.15) is 0 Å². The fourth-order valence-corrected chi connectivity index (χ4v) is 2.66. The van der Waals surface area contributed by atoms with E-state index in [0.29, 0.717) is 6.10 Å². The van der Waals surface area contributed by atoms with Crippen LogP contribution in [0.3, 0.4) is 0 Å². The molecule has 1 heterocycles. The number of ether oxygens (including phenoxy) is 1. The van der Waals surface area contributed by atoms with E-state index in [0.717, 1.165) is 36.5 Å². The van der Waals surface area contributed by atoms with Gasteiger partial charge in [-0.1, -0.05) is 17.7 Å². The number of aryl methyl sites for hydroxylation is 2. The van der Waals surface area contributed by atoms with Gasteiger partial charge in [-0.3, -0.25) is 0 Å². The fourth-order valence-electron chi connectivity index (χ4n) is 2.44. The molecule has 0 amide bonds. The number of rotatable bonds is 3. The van der Waals surface area contributed by atoms with Crippen LogP contribution in [0.25, 0.3) is 0 Å². The van der Waals surface area contributed by atoms with Gasteiger partial charge in [0.1, 0.15) is 0 Å². The molecule has 1 aromatic rings. The van der Waals surface area contributed by atoms with Crippen molar-refractivity contribution in [1.82, 2.24) is 0 Å². The molecule has 1 aliphatic rings. The first-order valence-corrected chi connectivity index (χ1v) is 6.59. The van der Waals surface area contributed by atoms with Gasteiger partial charge in [0.25, 0.3) is 0 Å². The second-order valence-electron chi connectivity index (χ2n) is 4.94. The van der Waals surface area contributed by atoms with Crippen molar-refractivity contribution in [1.29, 1.82) is 0 Å². The number of hydrogen-bond acceptors (Lipinski definition) is 2. The zero-order chi connectivity index (χ0) is 12.4. The molecule has 0 radical (unpaired) electrons. The molecule has 0 saturated carbocycles. The maximum Gasteiger partial charge on any atom is 0.0594 e. The van der Waals surface area contributed by atoms with Gasteiger partial charge >= 0.3 is 0 Å². The molecule has 94 valence electrons. The van der Waals surface area contributed by atoms with E-state index >= 15 is 0 Å². The smallest absolute Gasteiger partial charge is 0.0594 e. The monoisotopic (exact) mass is 253 g/mol. The highest BCUT2D eigenvalue weighted by molar-refractivity contribution is 6.31. The van der Waals surface area contributed by atoms with Crippen LogP contribution < -0.4 is 5.73 Å². The van der Waals surface area contributed by atoms with Crippen molar-refractivity contribution in [3.63, 3.8) is 0 Å². The van der Waals surface area contributed by atoms with Gasteiger partial charge in [0, 0.05) is 17.7 Å². The summed E-state index contributed by atoms with van der Waals surface area (Å²) in [5, 5.41) is 0.815. The van der Waals surface area contributed by atoms with Crippen molar-refractivity contribution in [2.24, 2.45) is 5.73 Å². The normalized spacial score (nSPS) is 21.8. The fraction of sp³-hybridized carbons (Fsp3) is 0.571. The van der Waals surface area contributed by atoms with Crippen molar-refractivity contribution in [3.05, 3.63) is 33.8 Å². The molecule has 2 unspecified atom stereocenters. The summed E-state index contributed by atoms with van der Waals surface area (Å²) in [7, 11) is 0. The van der Waals surface area contributed by atoms with Gasteiger partial charge in [0.05, 0.1) is 6.10 Å². The van der Waals surface area contributed by atoms with E-state index in [1.54, 1.807) is 0 Å². The molecule has 1 aromatic carbocycles. The summed E-state index contributed by atoms with van der Waals surface area (Å²) in [6.45, 7) is 4.97.